The predicted molar refractivity (Wildman–Crippen MR) is 69.5 cm³/mol. The number of carbonyl (C=O) groups excluding carboxylic acids is 1. The van der Waals surface area contributed by atoms with Crippen LogP contribution in [0.5, 0.6) is 0 Å². The molecule has 1 aliphatic heterocycles. The Kier molecular flexibility index (Phi) is 6.55. The lowest BCUT2D eigenvalue weighted by Gasteiger charge is -2.18. The fourth-order valence-electron chi connectivity index (χ4n) is 1.82. The first-order valence-corrected chi connectivity index (χ1v) is 7.89. The second-order valence-electron chi connectivity index (χ2n) is 4.45. The van der Waals surface area contributed by atoms with Crippen LogP contribution in [0.2, 0.25) is 0 Å². The molecule has 1 amide bonds. The number of nitrogens with one attached hydrogen (secondary N) is 2. The summed E-state index contributed by atoms with van der Waals surface area (Å²) in [5.41, 5.74) is 0. The molecule has 1 aliphatic rings. The molecule has 4 N–H and O–H groups in total. The Morgan fingerprint density at radius 3 is 2.83 bits per heavy atom. The minimum Gasteiger partial charge on any atom is -0.355 e. The highest BCUT2D eigenvalue weighted by atomic mass is 32.2. The molecule has 106 valence electrons. The third kappa shape index (κ3) is 7.59. The second-order valence-corrected chi connectivity index (χ2v) is 6.18. The number of nitrogens with zero attached hydrogens (tertiary/aromatic N) is 1. The van der Waals surface area contributed by atoms with Crippen molar-refractivity contribution in [3.63, 3.8) is 0 Å². The second kappa shape index (κ2) is 7.67. The van der Waals surface area contributed by atoms with Gasteiger partial charge in [0, 0.05) is 19.6 Å². The van der Waals surface area contributed by atoms with Gasteiger partial charge in [0.15, 0.2) is 0 Å². The van der Waals surface area contributed by atoms with E-state index in [1.807, 2.05) is 0 Å². The van der Waals surface area contributed by atoms with Crippen LogP contribution in [0, 0.1) is 0 Å². The highest BCUT2D eigenvalue weighted by Crippen LogP contribution is 1.94. The van der Waals surface area contributed by atoms with Gasteiger partial charge in [-0.2, -0.15) is 0 Å². The van der Waals surface area contributed by atoms with E-state index in [1.54, 1.807) is 0 Å². The zero-order valence-electron chi connectivity index (χ0n) is 10.5. The van der Waals surface area contributed by atoms with Gasteiger partial charge < -0.3 is 10.6 Å². The third-order valence-electron chi connectivity index (χ3n) is 2.73. The zero-order valence-corrected chi connectivity index (χ0v) is 11.3. The lowest BCUT2D eigenvalue weighted by Crippen LogP contribution is -2.39. The molecular formula is C10H22N4O3S. The molecule has 1 heterocycles. The molecule has 0 aromatic carbocycles. The molecule has 1 rings (SSSR count). The molecule has 0 aliphatic carbocycles. The molecule has 18 heavy (non-hydrogen) atoms. The summed E-state index contributed by atoms with van der Waals surface area (Å²) in [6.07, 6.45) is 1.39. The summed E-state index contributed by atoms with van der Waals surface area (Å²) in [4.78, 5) is 13.7. The van der Waals surface area contributed by atoms with Gasteiger partial charge in [-0.25, -0.2) is 13.6 Å². The molecule has 0 unspecified atom stereocenters. The van der Waals surface area contributed by atoms with E-state index in [9.17, 15) is 13.2 Å². The van der Waals surface area contributed by atoms with Crippen molar-refractivity contribution in [1.29, 1.82) is 0 Å². The van der Waals surface area contributed by atoms with Crippen LogP contribution in [0.15, 0.2) is 0 Å². The number of nitrogens with two attached hydrogens (primary N) is 1. The maximum atomic E-state index is 11.6. The van der Waals surface area contributed by atoms with E-state index < -0.39 is 10.0 Å². The molecule has 0 aromatic rings. The fraction of sp³-hybridized carbons (Fsp3) is 0.900. The van der Waals surface area contributed by atoms with Crippen LogP contribution in [0.4, 0.5) is 0 Å². The van der Waals surface area contributed by atoms with Crippen molar-refractivity contribution in [2.24, 2.45) is 5.14 Å². The van der Waals surface area contributed by atoms with Crippen LogP contribution in [-0.4, -0.2) is 64.2 Å². The van der Waals surface area contributed by atoms with Crippen LogP contribution in [-0.2, 0) is 14.8 Å². The first-order valence-electron chi connectivity index (χ1n) is 6.17. The first-order chi connectivity index (χ1) is 8.47. The van der Waals surface area contributed by atoms with Gasteiger partial charge in [0.25, 0.3) is 0 Å². The Balaban J connectivity index is 2.13. The zero-order chi connectivity index (χ0) is 13.4. The van der Waals surface area contributed by atoms with Gasteiger partial charge in [-0.3, -0.25) is 9.69 Å². The van der Waals surface area contributed by atoms with E-state index in [2.05, 4.69) is 15.5 Å². The summed E-state index contributed by atoms with van der Waals surface area (Å²) in [5, 5.41) is 10.8. The molecule has 0 spiro atoms. The molecular weight excluding hydrogens is 256 g/mol. The van der Waals surface area contributed by atoms with Gasteiger partial charge in [0.2, 0.25) is 15.9 Å². The van der Waals surface area contributed by atoms with Gasteiger partial charge in [-0.15, -0.1) is 0 Å². The van der Waals surface area contributed by atoms with Crippen LogP contribution < -0.4 is 15.8 Å². The summed E-state index contributed by atoms with van der Waals surface area (Å²) in [6, 6.07) is 0. The Labute approximate surface area is 108 Å². The van der Waals surface area contributed by atoms with Crippen molar-refractivity contribution in [2.75, 3.05) is 45.0 Å². The third-order valence-corrected chi connectivity index (χ3v) is 3.59. The monoisotopic (exact) mass is 278 g/mol. The van der Waals surface area contributed by atoms with Crippen molar-refractivity contribution in [3.8, 4) is 0 Å². The summed E-state index contributed by atoms with van der Waals surface area (Å²) in [7, 11) is -3.42. The number of amides is 1. The Bertz CT molecular complexity index is 350. The Morgan fingerprint density at radius 1 is 1.33 bits per heavy atom. The Morgan fingerprint density at radius 2 is 2.11 bits per heavy atom. The number of rotatable bonds is 6. The lowest BCUT2D eigenvalue weighted by atomic mass is 10.3. The van der Waals surface area contributed by atoms with E-state index in [4.69, 9.17) is 5.14 Å². The normalized spacial score (nSPS) is 18.3. The topological polar surface area (TPSA) is 105 Å². The highest BCUT2D eigenvalue weighted by Gasteiger charge is 2.12. The van der Waals surface area contributed by atoms with E-state index >= 15 is 0 Å². The van der Waals surface area contributed by atoms with Crippen LogP contribution in [0.1, 0.15) is 12.8 Å². The number of hydrogen-bond acceptors (Lipinski definition) is 5. The largest absolute Gasteiger partial charge is 0.355 e. The highest BCUT2D eigenvalue weighted by molar-refractivity contribution is 7.89. The summed E-state index contributed by atoms with van der Waals surface area (Å²) in [5.74, 6) is -0.160. The minimum atomic E-state index is -3.42. The molecule has 0 radical (unpaired) electrons. The summed E-state index contributed by atoms with van der Waals surface area (Å²) < 4.78 is 21.4. The summed E-state index contributed by atoms with van der Waals surface area (Å²) >= 11 is 0. The van der Waals surface area contributed by atoms with Crippen LogP contribution in [0.3, 0.4) is 0 Å². The summed E-state index contributed by atoms with van der Waals surface area (Å²) in [6.45, 7) is 4.39. The van der Waals surface area contributed by atoms with Gasteiger partial charge >= 0.3 is 0 Å². The van der Waals surface area contributed by atoms with E-state index in [1.165, 1.54) is 0 Å². The van der Waals surface area contributed by atoms with Crippen molar-refractivity contribution in [3.05, 3.63) is 0 Å². The van der Waals surface area contributed by atoms with Gasteiger partial charge in [0.05, 0.1) is 12.3 Å². The number of carbonyl (C=O) groups is 1. The standard InChI is InChI=1S/C10H22N4O3S/c11-18(16,17)8-2-4-13-10(15)9-14-6-1-3-12-5-7-14/h12H,1-9H2,(H,13,15)(H2,11,16,17). The quantitative estimate of drug-likeness (QED) is 0.491. The van der Waals surface area contributed by atoms with Crippen molar-refractivity contribution in [1.82, 2.24) is 15.5 Å². The fourth-order valence-corrected chi connectivity index (χ4v) is 2.37. The van der Waals surface area contributed by atoms with E-state index in [-0.39, 0.29) is 11.7 Å². The average molecular weight is 278 g/mol. The number of sulfonamides is 1. The van der Waals surface area contributed by atoms with E-state index in [0.29, 0.717) is 19.5 Å². The van der Waals surface area contributed by atoms with E-state index in [0.717, 1.165) is 32.6 Å². The van der Waals surface area contributed by atoms with Crippen molar-refractivity contribution < 1.29 is 13.2 Å². The maximum absolute atomic E-state index is 11.6. The molecule has 1 fully saturated rings. The lowest BCUT2D eigenvalue weighted by molar-refractivity contribution is -0.122. The van der Waals surface area contributed by atoms with Crippen molar-refractivity contribution >= 4 is 15.9 Å². The molecule has 0 aromatic heterocycles. The Hall–Kier alpha value is -0.700. The minimum absolute atomic E-state index is 0.0636. The average Bonchev–Trinajstić information content (AvgIpc) is 2.52. The molecule has 1 saturated heterocycles. The maximum Gasteiger partial charge on any atom is 0.234 e. The first kappa shape index (κ1) is 15.4. The smallest absolute Gasteiger partial charge is 0.234 e. The molecule has 0 saturated carbocycles. The van der Waals surface area contributed by atoms with Crippen LogP contribution >= 0.6 is 0 Å². The molecule has 8 heteroatoms. The van der Waals surface area contributed by atoms with Gasteiger partial charge in [-0.05, 0) is 25.9 Å². The predicted octanol–water partition coefficient (Wildman–Crippen LogP) is -1.92. The van der Waals surface area contributed by atoms with Crippen molar-refractivity contribution in [2.45, 2.75) is 12.8 Å². The van der Waals surface area contributed by atoms with Crippen LogP contribution in [0.25, 0.3) is 0 Å². The molecule has 0 bridgehead atoms. The number of primary sulfonamides is 1. The molecule has 0 atom stereocenters. The van der Waals surface area contributed by atoms with Gasteiger partial charge in [0.1, 0.15) is 0 Å². The molecule has 7 nitrogen and oxygen atoms in total. The number of hydrogen-bond donors (Lipinski definition) is 3. The van der Waals surface area contributed by atoms with Gasteiger partial charge in [-0.1, -0.05) is 0 Å². The SMILES string of the molecule is NS(=O)(=O)CCCNC(=O)CN1CCCNCC1.